The Morgan fingerprint density at radius 2 is 1.54 bits per heavy atom. The number of esters is 1. The summed E-state index contributed by atoms with van der Waals surface area (Å²) in [4.78, 5) is 42.7. The van der Waals surface area contributed by atoms with Gasteiger partial charge in [-0.05, 0) is 66.4 Å². The van der Waals surface area contributed by atoms with Gasteiger partial charge in [-0.3, -0.25) is 14.6 Å². The summed E-state index contributed by atoms with van der Waals surface area (Å²) in [5.74, 6) is 0.0106. The molecule has 198 valence electrons. The second kappa shape index (κ2) is 10.6. The van der Waals surface area contributed by atoms with E-state index in [-0.39, 0.29) is 30.2 Å². The van der Waals surface area contributed by atoms with E-state index in [0.717, 1.165) is 5.56 Å². The Bertz CT molecular complexity index is 1560. The van der Waals surface area contributed by atoms with E-state index in [0.29, 0.717) is 52.1 Å². The van der Waals surface area contributed by atoms with Gasteiger partial charge in [-0.1, -0.05) is 24.3 Å². The average Bonchev–Trinajstić information content (AvgIpc) is 3.77. The van der Waals surface area contributed by atoms with Crippen molar-refractivity contribution in [2.45, 2.75) is 25.7 Å². The zero-order valence-electron chi connectivity index (χ0n) is 21.6. The predicted molar refractivity (Wildman–Crippen MR) is 145 cm³/mol. The fourth-order valence-electron chi connectivity index (χ4n) is 4.69. The fraction of sp³-hybridized carbons (Fsp3) is 0.226. The van der Waals surface area contributed by atoms with Crippen molar-refractivity contribution in [3.8, 4) is 11.5 Å². The van der Waals surface area contributed by atoms with Gasteiger partial charge >= 0.3 is 5.97 Å². The summed E-state index contributed by atoms with van der Waals surface area (Å²) < 4.78 is 24.2. The average molecular weight is 527 g/mol. The van der Waals surface area contributed by atoms with E-state index < -0.39 is 11.4 Å². The molecule has 4 aromatic rings. The number of nitrogens with one attached hydrogen (secondary N) is 1. The number of Topliss-reactive ketones (excluding diaryl/α,β-unsaturated/α-hetero) is 2. The molecule has 0 atom stereocenters. The van der Waals surface area contributed by atoms with E-state index in [1.54, 1.807) is 67.8 Å². The second-order valence-corrected chi connectivity index (χ2v) is 9.62. The molecule has 0 spiro atoms. The molecule has 1 aliphatic rings. The molecular formula is C31H27FN2O5. The molecule has 7 nitrogen and oxygen atoms in total. The lowest BCUT2D eigenvalue weighted by Gasteiger charge is -2.14. The number of carbonyl (C=O) groups excluding carboxylic acids is 3. The number of aromatic nitrogens is 1. The summed E-state index contributed by atoms with van der Waals surface area (Å²) in [6.45, 7) is 0. The van der Waals surface area contributed by atoms with Gasteiger partial charge in [0.05, 0.1) is 29.3 Å². The standard InChI is InChI=1S/C31H27FN2O5/c1-33-25-18-26-23(17-24(25)30(37)38-2)27(11-14-34-26)39-22-9-5-20(6-10-22)16-29(36)31(12-13-31)28(35)15-19-3-7-21(32)8-4-19/h3-11,14,17-18,33H,12-13,15-16H2,1-2H3. The third-order valence-corrected chi connectivity index (χ3v) is 7.13. The lowest BCUT2D eigenvalue weighted by Crippen LogP contribution is -2.28. The molecule has 3 aromatic carbocycles. The normalized spacial score (nSPS) is 13.5. The minimum absolute atomic E-state index is 0.0981. The maximum absolute atomic E-state index is 13.2. The first kappa shape index (κ1) is 26.0. The van der Waals surface area contributed by atoms with Crippen LogP contribution in [0.25, 0.3) is 10.9 Å². The number of benzene rings is 3. The molecule has 8 heteroatoms. The molecule has 1 aliphatic carbocycles. The highest BCUT2D eigenvalue weighted by molar-refractivity contribution is 6.11. The molecular weight excluding hydrogens is 499 g/mol. The van der Waals surface area contributed by atoms with Crippen LogP contribution in [0.15, 0.2) is 72.9 Å². The maximum atomic E-state index is 13.2. The van der Waals surface area contributed by atoms with Crippen LogP contribution in [0.3, 0.4) is 0 Å². The van der Waals surface area contributed by atoms with Crippen LogP contribution >= 0.6 is 0 Å². The van der Waals surface area contributed by atoms with Crippen molar-refractivity contribution in [3.05, 3.63) is 95.4 Å². The summed E-state index contributed by atoms with van der Waals surface area (Å²) in [5.41, 5.74) is 2.14. The number of ether oxygens (including phenoxy) is 2. The van der Waals surface area contributed by atoms with Crippen LogP contribution in [0.5, 0.6) is 11.5 Å². The quantitative estimate of drug-likeness (QED) is 0.209. The van der Waals surface area contributed by atoms with E-state index in [2.05, 4.69) is 10.3 Å². The zero-order chi connectivity index (χ0) is 27.6. The highest BCUT2D eigenvalue weighted by Crippen LogP contribution is 2.48. The number of ketones is 2. The number of pyridine rings is 1. The Labute approximate surface area is 225 Å². The summed E-state index contributed by atoms with van der Waals surface area (Å²) in [5, 5.41) is 3.63. The van der Waals surface area contributed by atoms with Gasteiger partial charge in [-0.2, -0.15) is 0 Å². The third kappa shape index (κ3) is 5.36. The summed E-state index contributed by atoms with van der Waals surface area (Å²) >= 11 is 0. The monoisotopic (exact) mass is 526 g/mol. The maximum Gasteiger partial charge on any atom is 0.339 e. The number of carbonyl (C=O) groups is 3. The van der Waals surface area contributed by atoms with E-state index in [9.17, 15) is 18.8 Å². The van der Waals surface area contributed by atoms with Crippen LogP contribution in [-0.2, 0) is 27.2 Å². The number of nitrogens with zero attached hydrogens (tertiary/aromatic N) is 1. The van der Waals surface area contributed by atoms with Crippen LogP contribution < -0.4 is 10.1 Å². The molecule has 0 aliphatic heterocycles. The molecule has 0 unspecified atom stereocenters. The van der Waals surface area contributed by atoms with Crippen molar-refractivity contribution in [2.75, 3.05) is 19.5 Å². The molecule has 1 fully saturated rings. The Kier molecular flexibility index (Phi) is 7.11. The van der Waals surface area contributed by atoms with Crippen molar-refractivity contribution in [1.29, 1.82) is 0 Å². The third-order valence-electron chi connectivity index (χ3n) is 7.13. The van der Waals surface area contributed by atoms with Crippen LogP contribution in [0, 0.1) is 11.2 Å². The van der Waals surface area contributed by atoms with Crippen molar-refractivity contribution in [2.24, 2.45) is 5.41 Å². The summed E-state index contributed by atoms with van der Waals surface area (Å²) in [7, 11) is 3.04. The first-order valence-corrected chi connectivity index (χ1v) is 12.6. The lowest BCUT2D eigenvalue weighted by atomic mass is 9.88. The molecule has 1 aromatic heterocycles. The minimum atomic E-state index is -0.941. The van der Waals surface area contributed by atoms with Crippen LogP contribution in [0.2, 0.25) is 0 Å². The predicted octanol–water partition coefficient (Wildman–Crippen LogP) is 5.70. The lowest BCUT2D eigenvalue weighted by molar-refractivity contribution is -0.133. The summed E-state index contributed by atoms with van der Waals surface area (Å²) in [6, 6.07) is 18.1. The van der Waals surface area contributed by atoms with Crippen LogP contribution in [0.1, 0.15) is 34.3 Å². The first-order chi connectivity index (χ1) is 18.8. The van der Waals surface area contributed by atoms with Crippen molar-refractivity contribution < 1.29 is 28.2 Å². The molecule has 0 amide bonds. The Morgan fingerprint density at radius 3 is 2.10 bits per heavy atom. The number of anilines is 1. The molecule has 0 radical (unpaired) electrons. The van der Waals surface area contributed by atoms with Crippen molar-refractivity contribution in [3.63, 3.8) is 0 Å². The number of rotatable bonds is 10. The number of hydrogen-bond acceptors (Lipinski definition) is 7. The number of methoxy groups -OCH3 is 1. The molecule has 0 bridgehead atoms. The van der Waals surface area contributed by atoms with Crippen LogP contribution in [-0.4, -0.2) is 36.7 Å². The van der Waals surface area contributed by atoms with Crippen molar-refractivity contribution >= 4 is 34.1 Å². The number of fused-ring (bicyclic) bond motifs is 1. The van der Waals surface area contributed by atoms with E-state index in [1.807, 2.05) is 0 Å². The van der Waals surface area contributed by atoms with Gasteiger partial charge in [-0.25, -0.2) is 9.18 Å². The summed E-state index contributed by atoms with van der Waals surface area (Å²) in [6.07, 6.45) is 2.98. The molecule has 0 saturated heterocycles. The van der Waals surface area contributed by atoms with Gasteiger partial charge in [0.25, 0.3) is 0 Å². The van der Waals surface area contributed by atoms with E-state index in [4.69, 9.17) is 9.47 Å². The van der Waals surface area contributed by atoms with Crippen molar-refractivity contribution in [1.82, 2.24) is 4.98 Å². The second-order valence-electron chi connectivity index (χ2n) is 9.62. The molecule has 1 heterocycles. The minimum Gasteiger partial charge on any atom is -0.465 e. The number of halogens is 1. The van der Waals surface area contributed by atoms with E-state index in [1.165, 1.54) is 19.2 Å². The van der Waals surface area contributed by atoms with Gasteiger partial charge in [0.2, 0.25) is 0 Å². The fourth-order valence-corrected chi connectivity index (χ4v) is 4.69. The first-order valence-electron chi connectivity index (χ1n) is 12.6. The van der Waals surface area contributed by atoms with Gasteiger partial charge in [0, 0.05) is 31.5 Å². The smallest absolute Gasteiger partial charge is 0.339 e. The van der Waals surface area contributed by atoms with Gasteiger partial charge in [0.15, 0.2) is 11.6 Å². The van der Waals surface area contributed by atoms with Crippen LogP contribution in [0.4, 0.5) is 10.1 Å². The van der Waals surface area contributed by atoms with Gasteiger partial charge < -0.3 is 14.8 Å². The number of hydrogen-bond donors (Lipinski definition) is 1. The molecule has 1 saturated carbocycles. The van der Waals surface area contributed by atoms with Gasteiger partial charge in [0.1, 0.15) is 17.3 Å². The molecule has 5 rings (SSSR count). The zero-order valence-corrected chi connectivity index (χ0v) is 21.6. The Hall–Kier alpha value is -4.59. The Morgan fingerprint density at radius 1 is 0.923 bits per heavy atom. The molecule has 1 N–H and O–H groups in total. The van der Waals surface area contributed by atoms with E-state index >= 15 is 0 Å². The topological polar surface area (TPSA) is 94.6 Å². The highest BCUT2D eigenvalue weighted by Gasteiger charge is 2.54. The highest BCUT2D eigenvalue weighted by atomic mass is 19.1. The largest absolute Gasteiger partial charge is 0.465 e. The molecule has 39 heavy (non-hydrogen) atoms. The SMILES string of the molecule is CNc1cc2nccc(Oc3ccc(CC(=O)C4(C(=O)Cc5ccc(F)cc5)CC4)cc3)c2cc1C(=O)OC. The van der Waals surface area contributed by atoms with Gasteiger partial charge in [-0.15, -0.1) is 0 Å². The Balaban J connectivity index is 1.29.